The summed E-state index contributed by atoms with van der Waals surface area (Å²) in [4.78, 5) is 56.8. The number of methoxy groups -OCH3 is 1. The molecule has 1 aromatic heterocycles. The molecule has 1 aliphatic heterocycles. The third-order valence-electron chi connectivity index (χ3n) is 6.62. The molecule has 40 heavy (non-hydrogen) atoms. The molecule has 2 heterocycles. The third-order valence-corrected chi connectivity index (χ3v) is 7.26. The minimum Gasteiger partial charge on any atom is -0.473 e. The first-order valence-corrected chi connectivity index (χ1v) is 13.6. The van der Waals surface area contributed by atoms with Gasteiger partial charge in [-0.05, 0) is 54.1 Å². The van der Waals surface area contributed by atoms with Crippen molar-refractivity contribution in [1.29, 1.82) is 0 Å². The molecule has 4 aromatic rings. The Morgan fingerprint density at radius 2 is 1.55 bits per heavy atom. The summed E-state index contributed by atoms with van der Waals surface area (Å²) in [6, 6.07) is 20.4. The summed E-state index contributed by atoms with van der Waals surface area (Å²) in [5.41, 5.74) is 3.51. The molecular formula is C30H25N3O6S. The third kappa shape index (κ3) is 5.01. The van der Waals surface area contributed by atoms with Crippen LogP contribution in [0.5, 0.6) is 5.88 Å². The van der Waals surface area contributed by atoms with Crippen LogP contribution in [0.25, 0.3) is 5.69 Å². The Labute approximate surface area is 234 Å². The van der Waals surface area contributed by atoms with E-state index < -0.39 is 5.97 Å². The van der Waals surface area contributed by atoms with Crippen molar-refractivity contribution in [1.82, 2.24) is 14.5 Å². The highest BCUT2D eigenvalue weighted by Gasteiger charge is 2.35. The number of fused-ring (bicyclic) bond motifs is 1. The van der Waals surface area contributed by atoms with Crippen LogP contribution >= 0.6 is 11.8 Å². The van der Waals surface area contributed by atoms with Crippen molar-refractivity contribution < 1.29 is 23.9 Å². The molecule has 3 aromatic carbocycles. The molecule has 0 N–H and O–H groups in total. The van der Waals surface area contributed by atoms with Gasteiger partial charge < -0.3 is 9.47 Å². The molecule has 10 heteroatoms. The molecule has 0 atom stereocenters. The van der Waals surface area contributed by atoms with Gasteiger partial charge in [0.25, 0.3) is 17.4 Å². The SMILES string of the molecule is COC(=O)c1ccc(C)c(-n2c(SC)nc(OCc3ccccc3CN3C(=O)c4ccccc4C3=O)cc2=O)c1. The van der Waals surface area contributed by atoms with Crippen LogP contribution in [0.15, 0.2) is 82.7 Å². The highest BCUT2D eigenvalue weighted by atomic mass is 32.2. The summed E-state index contributed by atoms with van der Waals surface area (Å²) in [6.07, 6.45) is 1.79. The van der Waals surface area contributed by atoms with Crippen molar-refractivity contribution in [2.75, 3.05) is 13.4 Å². The number of nitrogens with zero attached hydrogens (tertiary/aromatic N) is 3. The van der Waals surface area contributed by atoms with Gasteiger partial charge in [-0.3, -0.25) is 23.9 Å². The van der Waals surface area contributed by atoms with Gasteiger partial charge in [0.1, 0.15) is 6.61 Å². The van der Waals surface area contributed by atoms with E-state index in [4.69, 9.17) is 9.47 Å². The topological polar surface area (TPSA) is 108 Å². The molecule has 0 saturated heterocycles. The molecule has 9 nitrogen and oxygen atoms in total. The number of benzene rings is 3. The Morgan fingerprint density at radius 3 is 2.20 bits per heavy atom. The second-order valence-corrected chi connectivity index (χ2v) is 9.82. The average molecular weight is 556 g/mol. The maximum absolute atomic E-state index is 13.2. The van der Waals surface area contributed by atoms with E-state index in [1.54, 1.807) is 48.7 Å². The van der Waals surface area contributed by atoms with Crippen molar-refractivity contribution in [2.45, 2.75) is 25.2 Å². The first kappa shape index (κ1) is 26.9. The number of rotatable bonds is 8. The van der Waals surface area contributed by atoms with Crippen molar-refractivity contribution in [3.63, 3.8) is 0 Å². The van der Waals surface area contributed by atoms with E-state index >= 15 is 0 Å². The van der Waals surface area contributed by atoms with Crippen LogP contribution in [0, 0.1) is 6.92 Å². The maximum atomic E-state index is 13.2. The number of hydrogen-bond acceptors (Lipinski definition) is 8. The fraction of sp³-hybridized carbons (Fsp3) is 0.167. The zero-order chi connectivity index (χ0) is 28.4. The number of ether oxygens (including phenoxy) is 2. The predicted octanol–water partition coefficient (Wildman–Crippen LogP) is 4.42. The molecule has 202 valence electrons. The van der Waals surface area contributed by atoms with Crippen LogP contribution in [-0.4, -0.2) is 45.6 Å². The lowest BCUT2D eigenvalue weighted by Gasteiger charge is -2.18. The van der Waals surface area contributed by atoms with E-state index in [0.29, 0.717) is 27.5 Å². The Hall–Kier alpha value is -4.70. The number of carbonyl (C=O) groups is 3. The molecule has 0 saturated carbocycles. The predicted molar refractivity (Wildman–Crippen MR) is 149 cm³/mol. The smallest absolute Gasteiger partial charge is 0.337 e. The van der Waals surface area contributed by atoms with Crippen molar-refractivity contribution in [3.05, 3.63) is 117 Å². The number of thioether (sulfide) groups is 1. The number of esters is 1. The van der Waals surface area contributed by atoms with Crippen LogP contribution in [0.3, 0.4) is 0 Å². The van der Waals surface area contributed by atoms with Gasteiger partial charge in [-0.15, -0.1) is 0 Å². The van der Waals surface area contributed by atoms with Crippen LogP contribution in [-0.2, 0) is 17.9 Å². The second kappa shape index (κ2) is 11.2. The summed E-state index contributed by atoms with van der Waals surface area (Å²) >= 11 is 1.26. The van der Waals surface area contributed by atoms with E-state index in [9.17, 15) is 19.2 Å². The van der Waals surface area contributed by atoms with E-state index in [2.05, 4.69) is 4.98 Å². The molecular weight excluding hydrogens is 530 g/mol. The Balaban J connectivity index is 1.39. The van der Waals surface area contributed by atoms with Crippen molar-refractivity contribution >= 4 is 29.5 Å². The van der Waals surface area contributed by atoms with Gasteiger partial charge in [0.15, 0.2) is 5.16 Å². The summed E-state index contributed by atoms with van der Waals surface area (Å²) in [5, 5.41) is 0.381. The molecule has 0 unspecified atom stereocenters. The number of imide groups is 1. The van der Waals surface area contributed by atoms with Gasteiger partial charge in [0.2, 0.25) is 5.88 Å². The van der Waals surface area contributed by atoms with Crippen LogP contribution in [0.1, 0.15) is 47.8 Å². The highest BCUT2D eigenvalue weighted by molar-refractivity contribution is 7.98. The van der Waals surface area contributed by atoms with Crippen molar-refractivity contribution in [3.8, 4) is 11.6 Å². The zero-order valence-electron chi connectivity index (χ0n) is 22.0. The Bertz CT molecular complexity index is 1680. The fourth-order valence-corrected chi connectivity index (χ4v) is 5.08. The van der Waals surface area contributed by atoms with Crippen LogP contribution in [0.4, 0.5) is 0 Å². The summed E-state index contributed by atoms with van der Waals surface area (Å²) in [5.74, 6) is -1.05. The molecule has 0 spiro atoms. The van der Waals surface area contributed by atoms with Gasteiger partial charge in [-0.25, -0.2) is 4.79 Å². The zero-order valence-corrected chi connectivity index (χ0v) is 22.9. The molecule has 5 rings (SSSR count). The van der Waals surface area contributed by atoms with E-state index in [1.807, 2.05) is 31.2 Å². The van der Waals surface area contributed by atoms with Gasteiger partial charge in [-0.1, -0.05) is 54.2 Å². The van der Waals surface area contributed by atoms with Gasteiger partial charge in [-0.2, -0.15) is 4.98 Å². The lowest BCUT2D eigenvalue weighted by Crippen LogP contribution is -2.29. The molecule has 0 fully saturated rings. The van der Waals surface area contributed by atoms with Gasteiger partial charge in [0, 0.05) is 0 Å². The first-order chi connectivity index (χ1) is 19.3. The number of carbonyl (C=O) groups excluding carboxylic acids is 3. The number of aromatic nitrogens is 2. The number of hydrogen-bond donors (Lipinski definition) is 0. The highest BCUT2D eigenvalue weighted by Crippen LogP contribution is 2.26. The quantitative estimate of drug-likeness (QED) is 0.136. The minimum absolute atomic E-state index is 0.0699. The molecule has 0 radical (unpaired) electrons. The van der Waals surface area contributed by atoms with E-state index in [-0.39, 0.29) is 36.4 Å². The Morgan fingerprint density at radius 1 is 0.900 bits per heavy atom. The minimum atomic E-state index is -0.507. The lowest BCUT2D eigenvalue weighted by atomic mass is 10.1. The Kier molecular flexibility index (Phi) is 7.52. The average Bonchev–Trinajstić information content (AvgIpc) is 3.21. The standard InChI is InChI=1S/C30H25N3O6S/c1-18-12-13-19(29(37)38-2)14-24(18)33-26(34)15-25(31-30(33)40-3)39-17-21-9-5-4-8-20(21)16-32-27(35)22-10-6-7-11-23(22)28(32)36/h4-15H,16-17H2,1-3H3. The monoisotopic (exact) mass is 555 g/mol. The van der Waals surface area contributed by atoms with Gasteiger partial charge in [0.05, 0.1) is 42.1 Å². The summed E-state index contributed by atoms with van der Waals surface area (Å²) in [7, 11) is 1.30. The largest absolute Gasteiger partial charge is 0.473 e. The van der Waals surface area contributed by atoms with Gasteiger partial charge >= 0.3 is 5.97 Å². The molecule has 1 aliphatic rings. The lowest BCUT2D eigenvalue weighted by molar-refractivity contribution is 0.0597. The normalized spacial score (nSPS) is 12.4. The van der Waals surface area contributed by atoms with Crippen LogP contribution in [0.2, 0.25) is 0 Å². The molecule has 0 aliphatic carbocycles. The van der Waals surface area contributed by atoms with Crippen molar-refractivity contribution in [2.24, 2.45) is 0 Å². The first-order valence-electron chi connectivity index (χ1n) is 12.3. The molecule has 0 bridgehead atoms. The summed E-state index contributed by atoms with van der Waals surface area (Å²) < 4.78 is 12.2. The van der Waals surface area contributed by atoms with E-state index in [1.165, 1.54) is 34.4 Å². The summed E-state index contributed by atoms with van der Waals surface area (Å²) in [6.45, 7) is 2.00. The maximum Gasteiger partial charge on any atom is 0.337 e. The van der Waals surface area contributed by atoms with Crippen LogP contribution < -0.4 is 10.3 Å². The number of amides is 2. The van der Waals surface area contributed by atoms with E-state index in [0.717, 1.165) is 16.7 Å². The number of aryl methyl sites for hydroxylation is 1. The molecule has 2 amide bonds. The second-order valence-electron chi connectivity index (χ2n) is 9.05. The fourth-order valence-electron chi connectivity index (χ4n) is 4.53.